The molecule has 2 aromatic carbocycles. The highest BCUT2D eigenvalue weighted by molar-refractivity contribution is 7.93. The van der Waals surface area contributed by atoms with E-state index in [-0.39, 0.29) is 4.90 Å². The fourth-order valence-corrected chi connectivity index (χ4v) is 4.44. The number of hydrogen-bond acceptors (Lipinski definition) is 6. The van der Waals surface area contributed by atoms with Crippen LogP contribution in [0.25, 0.3) is 0 Å². The lowest BCUT2D eigenvalue weighted by atomic mass is 10.2. The Labute approximate surface area is 176 Å². The quantitative estimate of drug-likeness (QED) is 0.594. The molecule has 29 heavy (non-hydrogen) atoms. The molecule has 1 heterocycles. The lowest BCUT2D eigenvalue weighted by molar-refractivity contribution is 0.122. The van der Waals surface area contributed by atoms with Crippen molar-refractivity contribution in [1.29, 1.82) is 0 Å². The molecule has 0 aromatic heterocycles. The fraction of sp³-hybridized carbons (Fsp3) is 0.316. The van der Waals surface area contributed by atoms with Gasteiger partial charge in [0.25, 0.3) is 10.0 Å². The second kappa shape index (κ2) is 9.29. The molecule has 0 bridgehead atoms. The predicted molar refractivity (Wildman–Crippen MR) is 119 cm³/mol. The van der Waals surface area contributed by atoms with Crippen LogP contribution in [0.2, 0.25) is 0 Å². The Kier molecular flexibility index (Phi) is 6.78. The van der Waals surface area contributed by atoms with Gasteiger partial charge < -0.3 is 25.0 Å². The second-order valence-electron chi connectivity index (χ2n) is 6.29. The molecular formula is C19H24N4O4S2. The lowest BCUT2D eigenvalue weighted by Gasteiger charge is -2.30. The minimum Gasteiger partial charge on any atom is -0.495 e. The molecule has 156 valence electrons. The van der Waals surface area contributed by atoms with Crippen molar-refractivity contribution >= 4 is 44.4 Å². The van der Waals surface area contributed by atoms with Crippen LogP contribution in [-0.2, 0) is 14.8 Å². The average molecular weight is 437 g/mol. The van der Waals surface area contributed by atoms with Gasteiger partial charge in [-0.05, 0) is 42.5 Å². The van der Waals surface area contributed by atoms with E-state index in [0.29, 0.717) is 54.2 Å². The van der Waals surface area contributed by atoms with Gasteiger partial charge in [0, 0.05) is 25.8 Å². The van der Waals surface area contributed by atoms with Crippen molar-refractivity contribution in [3.63, 3.8) is 0 Å². The highest BCUT2D eigenvalue weighted by Crippen LogP contribution is 2.32. The molecule has 0 radical (unpaired) electrons. The maximum absolute atomic E-state index is 13.3. The maximum atomic E-state index is 13.3. The van der Waals surface area contributed by atoms with Crippen LogP contribution in [0, 0.1) is 0 Å². The molecule has 0 atom stereocenters. The van der Waals surface area contributed by atoms with Crippen molar-refractivity contribution in [3.8, 4) is 5.75 Å². The second-order valence-corrected chi connectivity index (χ2v) is 8.35. The number of sulfonamides is 1. The number of methoxy groups -OCH3 is 1. The normalized spacial score (nSPS) is 14.2. The van der Waals surface area contributed by atoms with Gasteiger partial charge in [0.1, 0.15) is 10.6 Å². The van der Waals surface area contributed by atoms with Crippen LogP contribution in [0.15, 0.2) is 47.4 Å². The number of thiocarbonyl (C=S) groups is 1. The Morgan fingerprint density at radius 1 is 1.17 bits per heavy atom. The van der Waals surface area contributed by atoms with E-state index < -0.39 is 10.0 Å². The molecule has 3 rings (SSSR count). The summed E-state index contributed by atoms with van der Waals surface area (Å²) < 4.78 is 40.0. The van der Waals surface area contributed by atoms with Crippen molar-refractivity contribution in [3.05, 3.63) is 42.5 Å². The monoisotopic (exact) mass is 436 g/mol. The summed E-state index contributed by atoms with van der Waals surface area (Å²) in [6.45, 7) is 2.31. The number of hydrogen-bond donors (Lipinski definition) is 3. The smallest absolute Gasteiger partial charge is 0.264 e. The molecule has 1 aliphatic rings. The minimum absolute atomic E-state index is 0.147. The van der Waals surface area contributed by atoms with Gasteiger partial charge in [-0.25, -0.2) is 8.42 Å². The number of ether oxygens (including phenoxy) is 2. The Hall–Kier alpha value is -2.56. The summed E-state index contributed by atoms with van der Waals surface area (Å²) in [6.07, 6.45) is 0. The maximum Gasteiger partial charge on any atom is 0.264 e. The van der Waals surface area contributed by atoms with Crippen molar-refractivity contribution < 1.29 is 17.9 Å². The molecular weight excluding hydrogens is 412 g/mol. The average Bonchev–Trinajstić information content (AvgIpc) is 2.74. The van der Waals surface area contributed by atoms with Crippen LogP contribution >= 0.6 is 12.2 Å². The molecule has 1 aliphatic heterocycles. The van der Waals surface area contributed by atoms with Gasteiger partial charge in [0.2, 0.25) is 0 Å². The summed E-state index contributed by atoms with van der Waals surface area (Å²) in [6, 6.07) is 12.0. The number of rotatable bonds is 6. The van der Waals surface area contributed by atoms with Gasteiger partial charge in [-0.3, -0.25) is 4.72 Å². The van der Waals surface area contributed by atoms with Crippen LogP contribution in [0.4, 0.5) is 17.1 Å². The number of anilines is 3. The van der Waals surface area contributed by atoms with Gasteiger partial charge in [-0.2, -0.15) is 0 Å². The van der Waals surface area contributed by atoms with Crippen molar-refractivity contribution in [2.75, 3.05) is 55.4 Å². The van der Waals surface area contributed by atoms with E-state index in [2.05, 4.69) is 15.4 Å². The van der Waals surface area contributed by atoms with Gasteiger partial charge in [-0.1, -0.05) is 12.1 Å². The molecule has 0 amide bonds. The van der Waals surface area contributed by atoms with E-state index in [9.17, 15) is 8.42 Å². The fourth-order valence-electron chi connectivity index (χ4n) is 2.99. The summed E-state index contributed by atoms with van der Waals surface area (Å²) in [4.78, 5) is 2.15. The number of nitrogens with zero attached hydrogens (tertiary/aromatic N) is 1. The van der Waals surface area contributed by atoms with Crippen LogP contribution < -0.4 is 25.0 Å². The first-order valence-electron chi connectivity index (χ1n) is 9.06. The lowest BCUT2D eigenvalue weighted by Crippen LogP contribution is -2.37. The zero-order chi connectivity index (χ0) is 20.9. The van der Waals surface area contributed by atoms with Crippen LogP contribution in [0.5, 0.6) is 5.75 Å². The van der Waals surface area contributed by atoms with Crippen LogP contribution in [0.3, 0.4) is 0 Å². The molecule has 2 aromatic rings. The van der Waals surface area contributed by atoms with E-state index in [0.717, 1.165) is 0 Å². The van der Waals surface area contributed by atoms with E-state index in [1.54, 1.807) is 49.5 Å². The third-order valence-corrected chi connectivity index (χ3v) is 6.14. The number of para-hydroxylation sites is 2. The summed E-state index contributed by atoms with van der Waals surface area (Å²) in [5, 5.41) is 6.19. The summed E-state index contributed by atoms with van der Waals surface area (Å²) in [5.74, 6) is 0.439. The SMILES string of the molecule is CNC(=S)Nc1ccc(N2CCOCC2)c(S(=O)(=O)Nc2ccccc2OC)c1. The summed E-state index contributed by atoms with van der Waals surface area (Å²) >= 11 is 5.14. The van der Waals surface area contributed by atoms with E-state index in [1.807, 2.05) is 4.90 Å². The Balaban J connectivity index is 2.02. The molecule has 1 fully saturated rings. The van der Waals surface area contributed by atoms with Gasteiger partial charge in [0.15, 0.2) is 5.11 Å². The largest absolute Gasteiger partial charge is 0.495 e. The molecule has 8 nitrogen and oxygen atoms in total. The van der Waals surface area contributed by atoms with Crippen molar-refractivity contribution in [2.45, 2.75) is 4.90 Å². The summed E-state index contributed by atoms with van der Waals surface area (Å²) in [5.41, 5.74) is 1.55. The van der Waals surface area contributed by atoms with Crippen LogP contribution in [0.1, 0.15) is 0 Å². The molecule has 3 N–H and O–H groups in total. The van der Waals surface area contributed by atoms with Crippen molar-refractivity contribution in [2.24, 2.45) is 0 Å². The number of nitrogens with one attached hydrogen (secondary N) is 3. The highest BCUT2D eigenvalue weighted by atomic mass is 32.2. The third-order valence-electron chi connectivity index (χ3n) is 4.44. The Morgan fingerprint density at radius 3 is 2.59 bits per heavy atom. The van der Waals surface area contributed by atoms with E-state index in [4.69, 9.17) is 21.7 Å². The summed E-state index contributed by atoms with van der Waals surface area (Å²) in [7, 11) is -0.719. The number of morpholine rings is 1. The molecule has 0 unspecified atom stereocenters. The van der Waals surface area contributed by atoms with Crippen molar-refractivity contribution in [1.82, 2.24) is 5.32 Å². The standard InChI is InChI=1S/C19H24N4O4S2/c1-20-19(28)21-14-7-8-16(23-9-11-27-12-10-23)18(13-14)29(24,25)22-15-5-3-4-6-17(15)26-2/h3-8,13,22H,9-12H2,1-2H3,(H2,20,21,28). The Morgan fingerprint density at radius 2 is 1.90 bits per heavy atom. The zero-order valence-corrected chi connectivity index (χ0v) is 17.9. The van der Waals surface area contributed by atoms with E-state index in [1.165, 1.54) is 7.11 Å². The minimum atomic E-state index is -3.91. The topological polar surface area (TPSA) is 91.9 Å². The Bertz CT molecular complexity index is 976. The van der Waals surface area contributed by atoms with Gasteiger partial charge in [0.05, 0.1) is 31.7 Å². The zero-order valence-electron chi connectivity index (χ0n) is 16.3. The van der Waals surface area contributed by atoms with Crippen LogP contribution in [-0.4, -0.2) is 54.0 Å². The van der Waals surface area contributed by atoms with Gasteiger partial charge in [-0.15, -0.1) is 0 Å². The molecule has 0 spiro atoms. The number of benzene rings is 2. The van der Waals surface area contributed by atoms with E-state index >= 15 is 0 Å². The predicted octanol–water partition coefficient (Wildman–Crippen LogP) is 2.25. The first kappa shape index (κ1) is 21.2. The third kappa shape index (κ3) is 5.08. The highest BCUT2D eigenvalue weighted by Gasteiger charge is 2.25. The molecule has 1 saturated heterocycles. The first-order chi connectivity index (χ1) is 13.9. The molecule has 0 saturated carbocycles. The molecule has 0 aliphatic carbocycles. The molecule has 10 heteroatoms. The van der Waals surface area contributed by atoms with Gasteiger partial charge >= 0.3 is 0 Å². The first-order valence-corrected chi connectivity index (χ1v) is 10.9.